The van der Waals surface area contributed by atoms with Gasteiger partial charge in [-0.1, -0.05) is 73.6 Å². The molecular formula is C38H45FIrNO2-. The molecule has 0 fully saturated rings. The second-order valence-electron chi connectivity index (χ2n) is 13.1. The van der Waals surface area contributed by atoms with Gasteiger partial charge in [-0.3, -0.25) is 4.79 Å². The van der Waals surface area contributed by atoms with E-state index in [0.717, 1.165) is 82.5 Å². The SMILES string of the molecule is CCC(C)(C)C(=O)/C=C(\O)C(C)(C)CC.Cc1[c-]c(-c2nccc3c2ccc2c(F)c4c(cc23)CCCC4)cc(C)c1.[Ir]. The Morgan fingerprint density at radius 3 is 2.23 bits per heavy atom. The number of aliphatic hydroxyl groups is 1. The largest absolute Gasteiger partial charge is 0.512 e. The first-order valence-electron chi connectivity index (χ1n) is 15.3. The van der Waals surface area contributed by atoms with Crippen molar-refractivity contribution in [3.05, 3.63) is 88.6 Å². The Balaban J connectivity index is 0.000000274. The van der Waals surface area contributed by atoms with Crippen molar-refractivity contribution in [2.75, 3.05) is 0 Å². The van der Waals surface area contributed by atoms with Gasteiger partial charge < -0.3 is 10.1 Å². The molecule has 0 aliphatic heterocycles. The van der Waals surface area contributed by atoms with Gasteiger partial charge in [0, 0.05) is 48.6 Å². The summed E-state index contributed by atoms with van der Waals surface area (Å²) in [6.45, 7) is 15.8. The Morgan fingerprint density at radius 1 is 0.930 bits per heavy atom. The van der Waals surface area contributed by atoms with Crippen molar-refractivity contribution in [3.8, 4) is 11.3 Å². The van der Waals surface area contributed by atoms with Crippen LogP contribution in [0.4, 0.5) is 4.39 Å². The van der Waals surface area contributed by atoms with E-state index in [-0.39, 0.29) is 48.3 Å². The molecule has 3 aromatic carbocycles. The van der Waals surface area contributed by atoms with E-state index in [9.17, 15) is 9.90 Å². The zero-order chi connectivity index (χ0) is 30.8. The first kappa shape index (κ1) is 34.6. The minimum Gasteiger partial charge on any atom is -0.512 e. The van der Waals surface area contributed by atoms with Gasteiger partial charge in [-0.2, -0.15) is 0 Å². The Kier molecular flexibility index (Phi) is 11.1. The van der Waals surface area contributed by atoms with Crippen molar-refractivity contribution in [1.29, 1.82) is 0 Å². The van der Waals surface area contributed by atoms with Gasteiger partial charge in [0.2, 0.25) is 0 Å². The zero-order valence-corrected chi connectivity index (χ0v) is 29.3. The second kappa shape index (κ2) is 13.8. The number of halogens is 1. The second-order valence-corrected chi connectivity index (χ2v) is 13.1. The minimum absolute atomic E-state index is 0. The number of aryl methyl sites for hydroxylation is 3. The zero-order valence-electron chi connectivity index (χ0n) is 26.9. The molecule has 1 heterocycles. The van der Waals surface area contributed by atoms with Gasteiger partial charge in [-0.05, 0) is 77.6 Å². The summed E-state index contributed by atoms with van der Waals surface area (Å²) >= 11 is 0. The molecule has 231 valence electrons. The number of fused-ring (bicyclic) bond motifs is 4. The molecule has 1 radical (unpaired) electrons. The number of rotatable bonds is 6. The molecule has 5 rings (SSSR count). The van der Waals surface area contributed by atoms with Gasteiger partial charge in [0.15, 0.2) is 5.78 Å². The van der Waals surface area contributed by atoms with E-state index in [4.69, 9.17) is 0 Å². The van der Waals surface area contributed by atoms with E-state index in [1.807, 2.05) is 65.9 Å². The van der Waals surface area contributed by atoms with Crippen molar-refractivity contribution in [2.24, 2.45) is 10.8 Å². The Hall–Kier alpha value is -2.88. The molecule has 1 aliphatic rings. The van der Waals surface area contributed by atoms with Gasteiger partial charge in [-0.15, -0.1) is 34.9 Å². The summed E-state index contributed by atoms with van der Waals surface area (Å²) in [4.78, 5) is 16.5. The van der Waals surface area contributed by atoms with E-state index in [1.54, 1.807) is 0 Å². The van der Waals surface area contributed by atoms with E-state index in [1.165, 1.54) is 17.2 Å². The van der Waals surface area contributed by atoms with Crippen LogP contribution in [0, 0.1) is 36.6 Å². The van der Waals surface area contributed by atoms with Crippen LogP contribution in [0.25, 0.3) is 32.8 Å². The van der Waals surface area contributed by atoms with Crippen LogP contribution in [0.15, 0.2) is 54.4 Å². The van der Waals surface area contributed by atoms with Crippen molar-refractivity contribution < 1.29 is 34.4 Å². The maximum Gasteiger partial charge on any atom is 0.164 e. The van der Waals surface area contributed by atoms with E-state index in [0.29, 0.717) is 0 Å². The normalized spacial score (nSPS) is 13.7. The third kappa shape index (κ3) is 7.44. The predicted molar refractivity (Wildman–Crippen MR) is 173 cm³/mol. The van der Waals surface area contributed by atoms with Crippen LogP contribution in [-0.4, -0.2) is 15.9 Å². The number of carbonyl (C=O) groups excluding carboxylic acids is 1. The van der Waals surface area contributed by atoms with Gasteiger partial charge >= 0.3 is 0 Å². The number of benzene rings is 3. The van der Waals surface area contributed by atoms with Crippen LogP contribution in [0.2, 0.25) is 0 Å². The summed E-state index contributed by atoms with van der Waals surface area (Å²) < 4.78 is 15.2. The fourth-order valence-electron chi connectivity index (χ4n) is 5.41. The van der Waals surface area contributed by atoms with Crippen LogP contribution in [0.3, 0.4) is 0 Å². The number of carbonyl (C=O) groups is 1. The van der Waals surface area contributed by atoms with Crippen LogP contribution < -0.4 is 0 Å². The van der Waals surface area contributed by atoms with E-state index < -0.39 is 0 Å². The monoisotopic (exact) mass is 759 g/mol. The summed E-state index contributed by atoms with van der Waals surface area (Å²) in [6.07, 6.45) is 8.88. The summed E-state index contributed by atoms with van der Waals surface area (Å²) in [5, 5.41) is 13.7. The first-order valence-corrected chi connectivity index (χ1v) is 15.3. The molecule has 43 heavy (non-hydrogen) atoms. The summed E-state index contributed by atoms with van der Waals surface area (Å²) in [7, 11) is 0. The number of aliphatic hydroxyl groups excluding tert-OH is 1. The average molecular weight is 759 g/mol. The molecule has 1 N–H and O–H groups in total. The van der Waals surface area contributed by atoms with Gasteiger partial charge in [-0.25, -0.2) is 4.39 Å². The Morgan fingerprint density at radius 2 is 1.58 bits per heavy atom. The molecule has 3 nitrogen and oxygen atoms in total. The topological polar surface area (TPSA) is 50.2 Å². The van der Waals surface area contributed by atoms with Crippen LogP contribution in [0.1, 0.15) is 89.5 Å². The minimum atomic E-state index is -0.377. The Bertz CT molecular complexity index is 1650. The molecule has 0 bridgehead atoms. The number of ketones is 1. The quantitative estimate of drug-likeness (QED) is 0.0922. The third-order valence-electron chi connectivity index (χ3n) is 9.12. The van der Waals surface area contributed by atoms with Crippen molar-refractivity contribution >= 4 is 27.3 Å². The maximum atomic E-state index is 15.2. The summed E-state index contributed by atoms with van der Waals surface area (Å²) in [5.74, 6) is 0.168. The fourth-order valence-corrected chi connectivity index (χ4v) is 5.41. The van der Waals surface area contributed by atoms with Gasteiger partial charge in [0.1, 0.15) is 11.6 Å². The number of hydrogen-bond acceptors (Lipinski definition) is 3. The van der Waals surface area contributed by atoms with Crippen molar-refractivity contribution in [3.63, 3.8) is 0 Å². The number of aromatic nitrogens is 1. The summed E-state index contributed by atoms with van der Waals surface area (Å²) in [5.41, 5.74) is 5.62. The predicted octanol–water partition coefficient (Wildman–Crippen LogP) is 10.4. The summed E-state index contributed by atoms with van der Waals surface area (Å²) in [6, 6.07) is 15.8. The smallest absolute Gasteiger partial charge is 0.164 e. The molecule has 0 spiro atoms. The standard InChI is InChI=1S/C25H21FN.C13H24O2.Ir/c1-15-11-16(2)13-18(12-15)25-22-8-7-21-23(20(22)9-10-27-25)14-17-5-3-4-6-19(17)24(21)26;1-7-12(3,4)10(14)9-11(15)13(5,6)8-2;/h7-12,14H,3-6H2,1-2H3;9,14H,7-8H2,1-6H3;/q-1;;/b;10-9-;. The van der Waals surface area contributed by atoms with Gasteiger partial charge in [0.05, 0.1) is 0 Å². The number of pyridine rings is 1. The van der Waals surface area contributed by atoms with E-state index >= 15 is 4.39 Å². The van der Waals surface area contributed by atoms with E-state index in [2.05, 4.69) is 43.1 Å². The van der Waals surface area contributed by atoms with Crippen molar-refractivity contribution in [2.45, 2.75) is 93.9 Å². The number of nitrogens with zero attached hydrogens (tertiary/aromatic N) is 1. The molecule has 0 saturated carbocycles. The van der Waals surface area contributed by atoms with Crippen LogP contribution in [0.5, 0.6) is 0 Å². The van der Waals surface area contributed by atoms with Gasteiger partial charge in [0.25, 0.3) is 0 Å². The molecule has 1 aromatic heterocycles. The van der Waals surface area contributed by atoms with Crippen LogP contribution >= 0.6 is 0 Å². The van der Waals surface area contributed by atoms with Crippen molar-refractivity contribution in [1.82, 2.24) is 4.98 Å². The number of hydrogen-bond donors (Lipinski definition) is 1. The first-order chi connectivity index (χ1) is 19.8. The number of allylic oxidation sites excluding steroid dienone is 2. The average Bonchev–Trinajstić information content (AvgIpc) is 2.96. The third-order valence-corrected chi connectivity index (χ3v) is 9.12. The molecule has 0 atom stereocenters. The molecular weight excluding hydrogens is 714 g/mol. The molecule has 4 aromatic rings. The Labute approximate surface area is 270 Å². The molecule has 0 amide bonds. The molecule has 0 unspecified atom stereocenters. The maximum absolute atomic E-state index is 15.2. The molecule has 5 heteroatoms. The molecule has 1 aliphatic carbocycles. The molecule has 0 saturated heterocycles. The fraction of sp³-hybridized carbons (Fsp3) is 0.421. The van der Waals surface area contributed by atoms with Crippen LogP contribution in [-0.2, 0) is 37.7 Å².